The Morgan fingerprint density at radius 3 is 1.73 bits per heavy atom. The van der Waals surface area contributed by atoms with Crippen LogP contribution in [0.4, 0.5) is 9.59 Å². The van der Waals surface area contributed by atoms with Crippen molar-refractivity contribution in [3.63, 3.8) is 0 Å². The van der Waals surface area contributed by atoms with E-state index in [9.17, 15) is 14.7 Å². The average Bonchev–Trinajstić information content (AvgIpc) is 2.45. The van der Waals surface area contributed by atoms with Crippen LogP contribution in [0.2, 0.25) is 0 Å². The highest BCUT2D eigenvalue weighted by atomic mass is 16.6. The van der Waals surface area contributed by atoms with Crippen LogP contribution in [0.25, 0.3) is 0 Å². The molecule has 1 aromatic rings. The number of amides is 2. The van der Waals surface area contributed by atoms with Crippen LogP contribution >= 0.6 is 0 Å². The Bertz CT molecular complexity index is 504. The second kappa shape index (κ2) is 7.62. The summed E-state index contributed by atoms with van der Waals surface area (Å²) < 4.78 is 10.2. The molecule has 0 heterocycles. The lowest BCUT2D eigenvalue weighted by molar-refractivity contribution is 0.0951. The topological polar surface area (TPSA) is 99.5 Å². The molecule has 0 spiro atoms. The SMILES string of the molecule is CN(C)C(=O)Oc1cc(OC(=O)N(C)C)cc([C@H](O)CO)c1. The molecule has 0 aromatic heterocycles. The van der Waals surface area contributed by atoms with Crippen molar-refractivity contribution in [1.29, 1.82) is 0 Å². The third-order valence-corrected chi connectivity index (χ3v) is 2.60. The first-order valence-corrected chi connectivity index (χ1v) is 6.46. The van der Waals surface area contributed by atoms with Crippen LogP contribution in [0.1, 0.15) is 11.7 Å². The van der Waals surface area contributed by atoms with Crippen LogP contribution in [0, 0.1) is 0 Å². The third kappa shape index (κ3) is 4.90. The van der Waals surface area contributed by atoms with Gasteiger partial charge in [0.15, 0.2) is 0 Å². The van der Waals surface area contributed by atoms with E-state index in [1.807, 2.05) is 0 Å². The molecule has 0 radical (unpaired) electrons. The minimum absolute atomic E-state index is 0.0882. The van der Waals surface area contributed by atoms with Crippen LogP contribution in [-0.2, 0) is 0 Å². The quantitative estimate of drug-likeness (QED) is 0.854. The smallest absolute Gasteiger partial charge is 0.410 e. The molecule has 0 aliphatic heterocycles. The highest BCUT2D eigenvalue weighted by Gasteiger charge is 2.15. The zero-order valence-corrected chi connectivity index (χ0v) is 12.9. The Kier molecular flexibility index (Phi) is 6.14. The molecule has 1 aromatic carbocycles. The number of rotatable bonds is 4. The first-order valence-electron chi connectivity index (χ1n) is 6.46. The number of carbonyl (C=O) groups is 2. The van der Waals surface area contributed by atoms with Gasteiger partial charge in [-0.15, -0.1) is 0 Å². The Morgan fingerprint density at radius 2 is 1.41 bits per heavy atom. The molecule has 0 aliphatic carbocycles. The molecule has 2 N–H and O–H groups in total. The number of benzene rings is 1. The summed E-state index contributed by atoms with van der Waals surface area (Å²) in [5.74, 6) is 0.176. The summed E-state index contributed by atoms with van der Waals surface area (Å²) in [4.78, 5) is 25.6. The maximum absolute atomic E-state index is 11.6. The van der Waals surface area contributed by atoms with Crippen LogP contribution in [-0.4, -0.2) is 67.0 Å². The van der Waals surface area contributed by atoms with Crippen LogP contribution in [0.3, 0.4) is 0 Å². The standard InChI is InChI=1S/C14H20N2O6/c1-15(2)13(19)21-10-5-9(12(18)8-17)6-11(7-10)22-14(20)16(3)4/h5-7,12,17-18H,8H2,1-4H3/t12-/m1/s1. The third-order valence-electron chi connectivity index (χ3n) is 2.60. The van der Waals surface area contributed by atoms with E-state index in [2.05, 4.69) is 0 Å². The number of carbonyl (C=O) groups excluding carboxylic acids is 2. The van der Waals surface area contributed by atoms with Gasteiger partial charge in [0.1, 0.15) is 17.6 Å². The molecule has 122 valence electrons. The van der Waals surface area contributed by atoms with Gasteiger partial charge in [0.05, 0.1) is 6.61 Å². The number of ether oxygens (including phenoxy) is 2. The van der Waals surface area contributed by atoms with Gasteiger partial charge in [-0.25, -0.2) is 9.59 Å². The molecule has 22 heavy (non-hydrogen) atoms. The molecule has 0 aliphatic rings. The Labute approximate surface area is 128 Å². The van der Waals surface area contributed by atoms with Crippen molar-refractivity contribution in [2.24, 2.45) is 0 Å². The van der Waals surface area contributed by atoms with Crippen LogP contribution < -0.4 is 9.47 Å². The number of hydrogen-bond donors (Lipinski definition) is 2. The van der Waals surface area contributed by atoms with Gasteiger partial charge < -0.3 is 29.5 Å². The van der Waals surface area contributed by atoms with Crippen molar-refractivity contribution in [1.82, 2.24) is 9.80 Å². The average molecular weight is 312 g/mol. The fourth-order valence-electron chi connectivity index (χ4n) is 1.39. The van der Waals surface area contributed by atoms with Gasteiger partial charge in [-0.2, -0.15) is 0 Å². The number of aliphatic hydroxyl groups is 2. The van der Waals surface area contributed by atoms with E-state index < -0.39 is 24.9 Å². The highest BCUT2D eigenvalue weighted by Crippen LogP contribution is 2.27. The van der Waals surface area contributed by atoms with Gasteiger partial charge >= 0.3 is 12.2 Å². The summed E-state index contributed by atoms with van der Waals surface area (Å²) >= 11 is 0. The highest BCUT2D eigenvalue weighted by molar-refractivity contribution is 5.72. The van der Waals surface area contributed by atoms with Crippen LogP contribution in [0.5, 0.6) is 11.5 Å². The Balaban J connectivity index is 3.10. The van der Waals surface area contributed by atoms with Crippen LogP contribution in [0.15, 0.2) is 18.2 Å². The van der Waals surface area contributed by atoms with E-state index >= 15 is 0 Å². The van der Waals surface area contributed by atoms with Gasteiger partial charge in [0.25, 0.3) is 0 Å². The Morgan fingerprint density at radius 1 is 1.00 bits per heavy atom. The largest absolute Gasteiger partial charge is 0.414 e. The molecule has 0 fully saturated rings. The zero-order chi connectivity index (χ0) is 16.9. The lowest BCUT2D eigenvalue weighted by Gasteiger charge is -2.16. The van der Waals surface area contributed by atoms with Gasteiger partial charge in [-0.3, -0.25) is 0 Å². The summed E-state index contributed by atoms with van der Waals surface area (Å²) in [5, 5.41) is 18.7. The lowest BCUT2D eigenvalue weighted by atomic mass is 10.1. The van der Waals surface area contributed by atoms with E-state index in [1.165, 1.54) is 56.2 Å². The maximum atomic E-state index is 11.6. The van der Waals surface area contributed by atoms with Gasteiger partial charge in [-0.05, 0) is 17.7 Å². The molecule has 2 amide bonds. The van der Waals surface area contributed by atoms with Crippen molar-refractivity contribution in [3.05, 3.63) is 23.8 Å². The van der Waals surface area contributed by atoms with Gasteiger partial charge in [-0.1, -0.05) is 0 Å². The van der Waals surface area contributed by atoms with E-state index in [1.54, 1.807) is 0 Å². The molecular weight excluding hydrogens is 292 g/mol. The minimum atomic E-state index is -1.19. The summed E-state index contributed by atoms with van der Waals surface area (Å²) in [6, 6.07) is 4.11. The molecule has 1 atom stereocenters. The van der Waals surface area contributed by atoms with Crippen molar-refractivity contribution < 1.29 is 29.3 Å². The molecule has 0 saturated heterocycles. The predicted octanol–water partition coefficient (Wildman–Crippen LogP) is 0.833. The fourth-order valence-corrected chi connectivity index (χ4v) is 1.39. The summed E-state index contributed by atoms with van der Waals surface area (Å²) in [7, 11) is 6.06. The zero-order valence-electron chi connectivity index (χ0n) is 12.9. The van der Waals surface area contributed by atoms with Gasteiger partial charge in [0, 0.05) is 34.3 Å². The van der Waals surface area contributed by atoms with Crippen molar-refractivity contribution in [2.45, 2.75) is 6.10 Å². The van der Waals surface area contributed by atoms with E-state index in [0.717, 1.165) is 0 Å². The maximum Gasteiger partial charge on any atom is 0.414 e. The molecule has 0 bridgehead atoms. The van der Waals surface area contributed by atoms with Crippen molar-refractivity contribution in [2.75, 3.05) is 34.8 Å². The second-order valence-electron chi connectivity index (χ2n) is 4.96. The molecule has 8 nitrogen and oxygen atoms in total. The first-order chi connectivity index (χ1) is 10.2. The van der Waals surface area contributed by atoms with E-state index in [-0.39, 0.29) is 17.1 Å². The summed E-state index contributed by atoms with van der Waals surface area (Å²) in [5.41, 5.74) is 0.258. The van der Waals surface area contributed by atoms with E-state index in [0.29, 0.717) is 0 Å². The molecule has 1 rings (SSSR count). The van der Waals surface area contributed by atoms with E-state index in [4.69, 9.17) is 14.6 Å². The molecule has 8 heteroatoms. The Hall–Kier alpha value is -2.32. The summed E-state index contributed by atoms with van der Waals surface area (Å²) in [6.07, 6.45) is -2.43. The summed E-state index contributed by atoms with van der Waals surface area (Å²) in [6.45, 7) is -0.522. The number of nitrogens with zero attached hydrogens (tertiary/aromatic N) is 2. The molecular formula is C14H20N2O6. The monoisotopic (exact) mass is 312 g/mol. The van der Waals surface area contributed by atoms with Crippen molar-refractivity contribution >= 4 is 12.2 Å². The van der Waals surface area contributed by atoms with Gasteiger partial charge in [0.2, 0.25) is 0 Å². The number of hydrogen-bond acceptors (Lipinski definition) is 6. The predicted molar refractivity (Wildman–Crippen MR) is 77.9 cm³/mol. The fraction of sp³-hybridized carbons (Fsp3) is 0.429. The second-order valence-corrected chi connectivity index (χ2v) is 4.96. The van der Waals surface area contributed by atoms with Crippen molar-refractivity contribution in [3.8, 4) is 11.5 Å². The lowest BCUT2D eigenvalue weighted by Crippen LogP contribution is -2.26. The minimum Gasteiger partial charge on any atom is -0.410 e. The first kappa shape index (κ1) is 17.7. The molecule has 0 unspecified atom stereocenters. The normalized spacial score (nSPS) is 11.5. The number of aliphatic hydroxyl groups excluding tert-OH is 2. The molecule has 0 saturated carbocycles.